The lowest BCUT2D eigenvalue weighted by molar-refractivity contribution is 0.185. The molecule has 0 aromatic heterocycles. The van der Waals surface area contributed by atoms with E-state index in [4.69, 9.17) is 0 Å². The molecule has 2 fully saturated rings. The topological polar surface area (TPSA) is 74.8 Å². The van der Waals surface area contributed by atoms with Crippen LogP contribution >= 0.6 is 0 Å². The van der Waals surface area contributed by atoms with E-state index >= 15 is 0 Å². The summed E-state index contributed by atoms with van der Waals surface area (Å²) in [5.41, 5.74) is 0.947. The van der Waals surface area contributed by atoms with E-state index in [1.807, 2.05) is 30.3 Å². The van der Waals surface area contributed by atoms with Crippen molar-refractivity contribution in [3.63, 3.8) is 0 Å². The Morgan fingerprint density at radius 3 is 2.12 bits per heavy atom. The predicted octanol–water partition coefficient (Wildman–Crippen LogP) is 4.88. The number of hydrogen-bond acceptors (Lipinski definition) is 4. The smallest absolute Gasteiger partial charge is 0.207 e. The van der Waals surface area contributed by atoms with Gasteiger partial charge in [-0.05, 0) is 67.3 Å². The van der Waals surface area contributed by atoms with Crippen LogP contribution in [0.5, 0.6) is 0 Å². The van der Waals surface area contributed by atoms with Gasteiger partial charge in [-0.25, -0.2) is 16.8 Å². The van der Waals surface area contributed by atoms with Gasteiger partial charge in [-0.3, -0.25) is 0 Å². The molecule has 1 aliphatic carbocycles. The summed E-state index contributed by atoms with van der Waals surface area (Å²) in [6, 6.07) is 15.4. The van der Waals surface area contributed by atoms with Gasteiger partial charge >= 0.3 is 0 Å². The van der Waals surface area contributed by atoms with Gasteiger partial charge in [0.05, 0.1) is 9.79 Å². The molecule has 0 N–H and O–H groups in total. The lowest BCUT2D eigenvalue weighted by atomic mass is 9.86. The fourth-order valence-corrected chi connectivity index (χ4v) is 8.64. The third-order valence-electron chi connectivity index (χ3n) is 7.31. The summed E-state index contributed by atoms with van der Waals surface area (Å²) in [5.74, 6) is 0.597. The van der Waals surface area contributed by atoms with Gasteiger partial charge in [0.2, 0.25) is 20.0 Å². The van der Waals surface area contributed by atoms with Crippen molar-refractivity contribution in [3.8, 4) is 0 Å². The maximum atomic E-state index is 13.9. The molecule has 1 saturated carbocycles. The molecular formula is C26H36N2O4S2. The first-order valence-corrected chi connectivity index (χ1v) is 15.2. The number of piperidine rings is 1. The maximum Gasteiger partial charge on any atom is 0.243 e. The first-order valence-electron chi connectivity index (χ1n) is 12.4. The van der Waals surface area contributed by atoms with Crippen molar-refractivity contribution in [2.75, 3.05) is 13.1 Å². The van der Waals surface area contributed by atoms with Crippen LogP contribution < -0.4 is 0 Å². The van der Waals surface area contributed by atoms with Crippen LogP contribution in [0.1, 0.15) is 57.9 Å². The molecule has 1 saturated heterocycles. The van der Waals surface area contributed by atoms with Crippen LogP contribution in [-0.2, 0) is 26.6 Å². The zero-order chi connectivity index (χ0) is 24.3. The zero-order valence-corrected chi connectivity index (χ0v) is 21.8. The van der Waals surface area contributed by atoms with Crippen LogP contribution in [-0.4, -0.2) is 44.6 Å². The summed E-state index contributed by atoms with van der Waals surface area (Å²) < 4.78 is 57.1. The van der Waals surface area contributed by atoms with Crippen molar-refractivity contribution >= 4 is 20.0 Å². The highest BCUT2D eigenvalue weighted by atomic mass is 32.2. The second-order valence-corrected chi connectivity index (χ2v) is 13.8. The SMILES string of the molecule is C[C@@H]1CCCN(S(=O)(=O)c2ccc(S(=O)(=O)N(Cc3ccccc3)[C@@H]3CCCC[C@H]3C)cc2)C1. The van der Waals surface area contributed by atoms with Gasteiger partial charge in [0.1, 0.15) is 0 Å². The van der Waals surface area contributed by atoms with Crippen LogP contribution in [0.3, 0.4) is 0 Å². The molecule has 0 radical (unpaired) electrons. The second kappa shape index (κ2) is 10.5. The molecule has 0 unspecified atom stereocenters. The molecule has 34 heavy (non-hydrogen) atoms. The highest BCUT2D eigenvalue weighted by Gasteiger charge is 2.36. The molecule has 186 valence electrons. The fraction of sp³-hybridized carbons (Fsp3) is 0.538. The van der Waals surface area contributed by atoms with E-state index in [0.717, 1.165) is 44.1 Å². The van der Waals surface area contributed by atoms with Crippen LogP contribution in [0.15, 0.2) is 64.4 Å². The van der Waals surface area contributed by atoms with E-state index in [1.165, 1.54) is 28.6 Å². The van der Waals surface area contributed by atoms with E-state index in [9.17, 15) is 16.8 Å². The summed E-state index contributed by atoms with van der Waals surface area (Å²) in [4.78, 5) is 0.299. The lowest BCUT2D eigenvalue weighted by Crippen LogP contribution is -2.44. The Morgan fingerprint density at radius 1 is 0.824 bits per heavy atom. The molecule has 2 aliphatic rings. The van der Waals surface area contributed by atoms with Crippen LogP contribution in [0.4, 0.5) is 0 Å². The van der Waals surface area contributed by atoms with E-state index in [2.05, 4.69) is 13.8 Å². The molecule has 2 aromatic rings. The Morgan fingerprint density at radius 2 is 1.47 bits per heavy atom. The second-order valence-electron chi connectivity index (χ2n) is 9.95. The Bertz CT molecular complexity index is 1170. The van der Waals surface area contributed by atoms with Crippen LogP contribution in [0, 0.1) is 11.8 Å². The van der Waals surface area contributed by atoms with Crippen LogP contribution in [0.25, 0.3) is 0 Å². The van der Waals surface area contributed by atoms with Crippen molar-refractivity contribution in [2.24, 2.45) is 11.8 Å². The van der Waals surface area contributed by atoms with Crippen molar-refractivity contribution in [3.05, 3.63) is 60.2 Å². The summed E-state index contributed by atoms with van der Waals surface area (Å²) in [6.07, 6.45) is 5.87. The predicted molar refractivity (Wildman–Crippen MR) is 134 cm³/mol. The first kappa shape index (κ1) is 25.4. The highest BCUT2D eigenvalue weighted by molar-refractivity contribution is 7.89. The van der Waals surface area contributed by atoms with Gasteiger partial charge in [0, 0.05) is 25.7 Å². The largest absolute Gasteiger partial charge is 0.243 e. The third kappa shape index (κ3) is 5.40. The summed E-state index contributed by atoms with van der Waals surface area (Å²) in [5, 5.41) is 0. The Labute approximate surface area is 205 Å². The zero-order valence-electron chi connectivity index (χ0n) is 20.1. The maximum absolute atomic E-state index is 13.9. The molecular weight excluding hydrogens is 468 g/mol. The number of benzene rings is 2. The van der Waals surface area contributed by atoms with Gasteiger partial charge < -0.3 is 0 Å². The number of hydrogen-bond donors (Lipinski definition) is 0. The molecule has 0 spiro atoms. The van der Waals surface area contributed by atoms with Crippen molar-refractivity contribution < 1.29 is 16.8 Å². The minimum absolute atomic E-state index is 0.0720. The minimum Gasteiger partial charge on any atom is -0.207 e. The molecule has 3 atom stereocenters. The molecule has 1 heterocycles. The Hall–Kier alpha value is -1.74. The Kier molecular flexibility index (Phi) is 7.82. The summed E-state index contributed by atoms with van der Waals surface area (Å²) in [6.45, 7) is 5.52. The monoisotopic (exact) mass is 504 g/mol. The molecule has 8 heteroatoms. The molecule has 6 nitrogen and oxygen atoms in total. The van der Waals surface area contributed by atoms with Crippen molar-refractivity contribution in [1.29, 1.82) is 0 Å². The third-order valence-corrected chi connectivity index (χ3v) is 11.1. The Balaban J connectivity index is 1.63. The summed E-state index contributed by atoms with van der Waals surface area (Å²) in [7, 11) is -7.43. The average Bonchev–Trinajstić information content (AvgIpc) is 2.84. The van der Waals surface area contributed by atoms with Gasteiger partial charge in [0.15, 0.2) is 0 Å². The highest BCUT2D eigenvalue weighted by Crippen LogP contribution is 2.33. The van der Waals surface area contributed by atoms with E-state index in [0.29, 0.717) is 25.6 Å². The quantitative estimate of drug-likeness (QED) is 0.539. The summed E-state index contributed by atoms with van der Waals surface area (Å²) >= 11 is 0. The normalized spacial score (nSPS) is 24.9. The van der Waals surface area contributed by atoms with Gasteiger partial charge in [-0.2, -0.15) is 8.61 Å². The van der Waals surface area contributed by atoms with Crippen LogP contribution in [0.2, 0.25) is 0 Å². The number of sulfonamides is 2. The lowest BCUT2D eigenvalue weighted by Gasteiger charge is -2.38. The molecule has 1 aliphatic heterocycles. The first-order chi connectivity index (χ1) is 16.2. The molecule has 0 bridgehead atoms. The molecule has 2 aromatic carbocycles. The van der Waals surface area contributed by atoms with Gasteiger partial charge in [0.25, 0.3) is 0 Å². The van der Waals surface area contributed by atoms with Gasteiger partial charge in [-0.1, -0.05) is 57.0 Å². The average molecular weight is 505 g/mol. The standard InChI is InChI=1S/C26H36N2O4S2/c1-21-9-8-18-27(19-21)33(29,30)24-14-16-25(17-15-24)34(31,32)28(20-23-11-4-3-5-12-23)26-13-7-6-10-22(26)2/h3-5,11-12,14-17,21-22,26H,6-10,13,18-20H2,1-2H3/t21-,22-,26-/m1/s1. The number of rotatable bonds is 7. The van der Waals surface area contributed by atoms with Gasteiger partial charge in [-0.15, -0.1) is 0 Å². The minimum atomic E-state index is -3.80. The molecule has 0 amide bonds. The van der Waals surface area contributed by atoms with E-state index < -0.39 is 20.0 Å². The van der Waals surface area contributed by atoms with E-state index in [-0.39, 0.29) is 21.8 Å². The van der Waals surface area contributed by atoms with Crippen molar-refractivity contribution in [2.45, 2.75) is 74.7 Å². The number of nitrogens with zero attached hydrogens (tertiary/aromatic N) is 2. The molecule has 4 rings (SSSR count). The van der Waals surface area contributed by atoms with E-state index in [1.54, 1.807) is 4.31 Å². The van der Waals surface area contributed by atoms with Crippen molar-refractivity contribution in [1.82, 2.24) is 8.61 Å². The fourth-order valence-electron chi connectivity index (χ4n) is 5.30.